The fourth-order valence-electron chi connectivity index (χ4n) is 2.84. The molecule has 82 valence electrons. The van der Waals surface area contributed by atoms with Crippen LogP contribution in [0.3, 0.4) is 0 Å². The summed E-state index contributed by atoms with van der Waals surface area (Å²) in [5, 5.41) is 0. The second-order valence-corrected chi connectivity index (χ2v) is 5.59. The molecule has 1 heteroatoms. The molecule has 0 unspecified atom stereocenters. The van der Waals surface area contributed by atoms with Crippen LogP contribution in [0.25, 0.3) is 11.1 Å². The second kappa shape index (κ2) is 3.51. The molecule has 0 saturated carbocycles. The molecule has 0 amide bonds. The summed E-state index contributed by atoms with van der Waals surface area (Å²) >= 11 is 1.97. The third-order valence-corrected chi connectivity index (χ3v) is 4.76. The standard InChI is InChI=1S/C16H12S/c1-2-6-12-11(5-1)9-14-13-7-3-4-8-16(13)17-10-15(12)14/h1-8H,9-10H2. The molecule has 1 aliphatic carbocycles. The first-order valence-electron chi connectivity index (χ1n) is 5.96. The minimum absolute atomic E-state index is 1.11. The summed E-state index contributed by atoms with van der Waals surface area (Å²) in [6.45, 7) is 0. The van der Waals surface area contributed by atoms with Crippen molar-refractivity contribution in [3.05, 3.63) is 65.2 Å². The summed E-state index contributed by atoms with van der Waals surface area (Å²) in [7, 11) is 0. The fourth-order valence-corrected chi connectivity index (χ4v) is 3.99. The van der Waals surface area contributed by atoms with Gasteiger partial charge >= 0.3 is 0 Å². The summed E-state index contributed by atoms with van der Waals surface area (Å²) in [4.78, 5) is 1.44. The number of hydrogen-bond donors (Lipinski definition) is 0. The number of benzene rings is 2. The molecule has 0 spiro atoms. The molecule has 4 rings (SSSR count). The molecule has 0 nitrogen and oxygen atoms in total. The first kappa shape index (κ1) is 9.55. The van der Waals surface area contributed by atoms with Gasteiger partial charge < -0.3 is 0 Å². The van der Waals surface area contributed by atoms with Crippen molar-refractivity contribution in [1.29, 1.82) is 0 Å². The maximum absolute atomic E-state index is 2.27. The van der Waals surface area contributed by atoms with Crippen LogP contribution in [0.2, 0.25) is 0 Å². The van der Waals surface area contributed by atoms with Gasteiger partial charge in [0.05, 0.1) is 0 Å². The van der Waals surface area contributed by atoms with Crippen molar-refractivity contribution in [2.45, 2.75) is 11.3 Å². The van der Waals surface area contributed by atoms with E-state index in [1.807, 2.05) is 11.8 Å². The topological polar surface area (TPSA) is 0 Å². The van der Waals surface area contributed by atoms with E-state index in [1.165, 1.54) is 21.6 Å². The van der Waals surface area contributed by atoms with Gasteiger partial charge in [-0.2, -0.15) is 0 Å². The Balaban J connectivity index is 1.95. The van der Waals surface area contributed by atoms with Gasteiger partial charge in [0.25, 0.3) is 0 Å². The lowest BCUT2D eigenvalue weighted by atomic mass is 10.0. The summed E-state index contributed by atoms with van der Waals surface area (Å²) < 4.78 is 0. The van der Waals surface area contributed by atoms with Gasteiger partial charge in [-0.3, -0.25) is 0 Å². The SMILES string of the molecule is c1ccc2c(c1)CC1=C2CSc2ccccc21. The van der Waals surface area contributed by atoms with Crippen molar-refractivity contribution in [2.24, 2.45) is 0 Å². The lowest BCUT2D eigenvalue weighted by molar-refractivity contribution is 1.28. The molecule has 2 aliphatic rings. The van der Waals surface area contributed by atoms with E-state index < -0.39 is 0 Å². The van der Waals surface area contributed by atoms with Crippen LogP contribution in [0, 0.1) is 0 Å². The minimum Gasteiger partial charge on any atom is -0.121 e. The van der Waals surface area contributed by atoms with E-state index in [2.05, 4.69) is 48.5 Å². The van der Waals surface area contributed by atoms with Gasteiger partial charge in [-0.1, -0.05) is 42.5 Å². The molecule has 17 heavy (non-hydrogen) atoms. The van der Waals surface area contributed by atoms with Crippen LogP contribution in [0.5, 0.6) is 0 Å². The molecule has 0 aromatic heterocycles. The van der Waals surface area contributed by atoms with Crippen LogP contribution in [-0.2, 0) is 6.42 Å². The average Bonchev–Trinajstić information content (AvgIpc) is 2.78. The van der Waals surface area contributed by atoms with Gasteiger partial charge in [0, 0.05) is 10.6 Å². The number of rotatable bonds is 0. The Morgan fingerprint density at radius 1 is 0.765 bits per heavy atom. The lowest BCUT2D eigenvalue weighted by Gasteiger charge is -2.18. The van der Waals surface area contributed by atoms with Crippen LogP contribution in [0.4, 0.5) is 0 Å². The molecule has 0 saturated heterocycles. The van der Waals surface area contributed by atoms with Crippen molar-refractivity contribution in [2.75, 3.05) is 5.75 Å². The molecule has 0 atom stereocenters. The molecular weight excluding hydrogens is 224 g/mol. The highest BCUT2D eigenvalue weighted by molar-refractivity contribution is 7.99. The Kier molecular flexibility index (Phi) is 1.97. The van der Waals surface area contributed by atoms with Crippen LogP contribution in [0.15, 0.2) is 53.4 Å². The van der Waals surface area contributed by atoms with Crippen molar-refractivity contribution < 1.29 is 0 Å². The monoisotopic (exact) mass is 236 g/mol. The van der Waals surface area contributed by atoms with E-state index >= 15 is 0 Å². The summed E-state index contributed by atoms with van der Waals surface area (Å²) in [6, 6.07) is 17.6. The molecule has 0 fully saturated rings. The van der Waals surface area contributed by atoms with Gasteiger partial charge in [-0.25, -0.2) is 0 Å². The van der Waals surface area contributed by atoms with E-state index in [0.717, 1.165) is 12.2 Å². The predicted molar refractivity (Wildman–Crippen MR) is 74.1 cm³/mol. The summed E-state index contributed by atoms with van der Waals surface area (Å²) in [6.07, 6.45) is 1.11. The number of thioether (sulfide) groups is 1. The molecule has 2 aromatic rings. The summed E-state index contributed by atoms with van der Waals surface area (Å²) in [5.41, 5.74) is 7.54. The minimum atomic E-state index is 1.11. The van der Waals surface area contributed by atoms with Crippen LogP contribution >= 0.6 is 11.8 Å². The van der Waals surface area contributed by atoms with E-state index in [-0.39, 0.29) is 0 Å². The number of fused-ring (bicyclic) bond motifs is 4. The Morgan fingerprint density at radius 2 is 1.53 bits per heavy atom. The molecule has 0 N–H and O–H groups in total. The first-order valence-corrected chi connectivity index (χ1v) is 6.94. The highest BCUT2D eigenvalue weighted by atomic mass is 32.2. The van der Waals surface area contributed by atoms with Crippen molar-refractivity contribution in [1.82, 2.24) is 0 Å². The predicted octanol–water partition coefficient (Wildman–Crippen LogP) is 4.26. The molecule has 1 aliphatic heterocycles. The third kappa shape index (κ3) is 1.32. The maximum atomic E-state index is 2.27. The molecular formula is C16H12S. The Morgan fingerprint density at radius 3 is 2.47 bits per heavy atom. The second-order valence-electron chi connectivity index (χ2n) is 4.58. The fraction of sp³-hybridized carbons (Fsp3) is 0.125. The zero-order chi connectivity index (χ0) is 11.2. The molecule has 0 bridgehead atoms. The lowest BCUT2D eigenvalue weighted by Crippen LogP contribution is -1.97. The Hall–Kier alpha value is -1.47. The van der Waals surface area contributed by atoms with Gasteiger partial charge in [0.2, 0.25) is 0 Å². The van der Waals surface area contributed by atoms with Gasteiger partial charge in [-0.05, 0) is 40.3 Å². The largest absolute Gasteiger partial charge is 0.121 e. The molecule has 2 aromatic carbocycles. The van der Waals surface area contributed by atoms with Crippen LogP contribution in [-0.4, -0.2) is 5.75 Å². The summed E-state index contributed by atoms with van der Waals surface area (Å²) in [5.74, 6) is 1.13. The zero-order valence-electron chi connectivity index (χ0n) is 9.44. The third-order valence-electron chi connectivity index (χ3n) is 3.66. The zero-order valence-corrected chi connectivity index (χ0v) is 10.3. The van der Waals surface area contributed by atoms with Crippen molar-refractivity contribution in [3.63, 3.8) is 0 Å². The van der Waals surface area contributed by atoms with Gasteiger partial charge in [-0.15, -0.1) is 11.8 Å². The van der Waals surface area contributed by atoms with Crippen molar-refractivity contribution in [3.8, 4) is 0 Å². The van der Waals surface area contributed by atoms with Crippen LogP contribution < -0.4 is 0 Å². The smallest absolute Gasteiger partial charge is 0.0241 e. The van der Waals surface area contributed by atoms with E-state index in [0.29, 0.717) is 0 Å². The Labute approximate surface area is 105 Å². The van der Waals surface area contributed by atoms with E-state index in [9.17, 15) is 0 Å². The number of allylic oxidation sites excluding steroid dienone is 1. The van der Waals surface area contributed by atoms with E-state index in [4.69, 9.17) is 0 Å². The number of hydrogen-bond acceptors (Lipinski definition) is 1. The normalized spacial score (nSPS) is 16.5. The highest BCUT2D eigenvalue weighted by Gasteiger charge is 2.26. The van der Waals surface area contributed by atoms with Gasteiger partial charge in [0.1, 0.15) is 0 Å². The molecule has 0 radical (unpaired) electrons. The average molecular weight is 236 g/mol. The molecule has 1 heterocycles. The quantitative estimate of drug-likeness (QED) is 0.658. The Bertz CT molecular complexity index is 637. The van der Waals surface area contributed by atoms with E-state index in [1.54, 1.807) is 11.1 Å². The maximum Gasteiger partial charge on any atom is 0.0241 e. The first-order chi connectivity index (χ1) is 8.43. The highest BCUT2D eigenvalue weighted by Crippen LogP contribution is 2.47. The van der Waals surface area contributed by atoms with Crippen LogP contribution in [0.1, 0.15) is 16.7 Å². The van der Waals surface area contributed by atoms with Gasteiger partial charge in [0.15, 0.2) is 0 Å². The van der Waals surface area contributed by atoms with Crippen molar-refractivity contribution >= 4 is 22.9 Å².